The van der Waals surface area contributed by atoms with Crippen molar-refractivity contribution in [2.75, 3.05) is 46.4 Å². The Labute approximate surface area is 137 Å². The molecule has 0 aliphatic carbocycles. The molecular weight excluding hydrogens is 318 g/mol. The molecule has 0 saturated carbocycles. The topological polar surface area (TPSA) is 87.7 Å². The molecule has 1 saturated heterocycles. The van der Waals surface area contributed by atoms with Gasteiger partial charge in [0.15, 0.2) is 0 Å². The van der Waals surface area contributed by atoms with Gasteiger partial charge >= 0.3 is 5.97 Å². The summed E-state index contributed by atoms with van der Waals surface area (Å²) in [6.45, 7) is 5.09. The lowest BCUT2D eigenvalue weighted by Gasteiger charge is -2.27. The second kappa shape index (κ2) is 8.39. The average molecular weight is 341 g/mol. The number of esters is 1. The molecule has 0 bridgehead atoms. The van der Waals surface area contributed by atoms with Crippen LogP contribution in [0.1, 0.15) is 16.8 Å². The first-order chi connectivity index (χ1) is 11.0. The van der Waals surface area contributed by atoms with E-state index in [1.54, 1.807) is 12.1 Å². The number of hydrogen-bond donors (Lipinski definition) is 2. The summed E-state index contributed by atoms with van der Waals surface area (Å²) >= 11 is 0. The monoisotopic (exact) mass is 341 g/mol. The molecular formula is C15H23N3O4S. The van der Waals surface area contributed by atoms with Gasteiger partial charge in [-0.25, -0.2) is 17.9 Å². The predicted octanol–water partition coefficient (Wildman–Crippen LogP) is 0.0468. The number of ether oxygens (including phenoxy) is 1. The molecule has 1 aliphatic rings. The fourth-order valence-corrected chi connectivity index (χ4v) is 3.77. The standard InChI is InChI=1S/C15H23N3O4S/c1-22-15(19)13-5-2-3-6-14(13)23(20,21)17-7-4-10-18-11-8-16-9-12-18/h2-3,5-6,16-17H,4,7-12H2,1H3. The quantitative estimate of drug-likeness (QED) is 0.538. The van der Waals surface area contributed by atoms with E-state index >= 15 is 0 Å². The van der Waals surface area contributed by atoms with Crippen molar-refractivity contribution in [3.05, 3.63) is 29.8 Å². The number of nitrogens with one attached hydrogen (secondary N) is 2. The van der Waals surface area contributed by atoms with Crippen LogP contribution in [0.4, 0.5) is 0 Å². The lowest BCUT2D eigenvalue weighted by Crippen LogP contribution is -2.44. The van der Waals surface area contributed by atoms with Gasteiger partial charge in [0.1, 0.15) is 0 Å². The number of carbonyl (C=O) groups is 1. The molecule has 1 fully saturated rings. The van der Waals surface area contributed by atoms with Crippen LogP contribution in [-0.2, 0) is 14.8 Å². The smallest absolute Gasteiger partial charge is 0.339 e. The van der Waals surface area contributed by atoms with Gasteiger partial charge in [0, 0.05) is 32.7 Å². The Bertz CT molecular complexity index is 627. The van der Waals surface area contributed by atoms with Gasteiger partial charge < -0.3 is 15.0 Å². The summed E-state index contributed by atoms with van der Waals surface area (Å²) in [5.74, 6) is -0.660. The summed E-state index contributed by atoms with van der Waals surface area (Å²) in [5, 5.41) is 3.28. The molecule has 0 amide bonds. The Morgan fingerprint density at radius 2 is 2.00 bits per heavy atom. The molecule has 128 valence electrons. The summed E-state index contributed by atoms with van der Waals surface area (Å²) in [7, 11) is -2.50. The minimum Gasteiger partial charge on any atom is -0.465 e. The molecule has 0 atom stereocenters. The first-order valence-electron chi connectivity index (χ1n) is 7.64. The largest absolute Gasteiger partial charge is 0.465 e. The van der Waals surface area contributed by atoms with Crippen LogP contribution in [0.5, 0.6) is 0 Å². The average Bonchev–Trinajstić information content (AvgIpc) is 2.59. The van der Waals surface area contributed by atoms with Gasteiger partial charge in [0.25, 0.3) is 0 Å². The van der Waals surface area contributed by atoms with Gasteiger partial charge in [-0.15, -0.1) is 0 Å². The maximum atomic E-state index is 12.4. The van der Waals surface area contributed by atoms with Gasteiger partial charge in [0.2, 0.25) is 10.0 Å². The lowest BCUT2D eigenvalue weighted by atomic mass is 10.2. The van der Waals surface area contributed by atoms with Gasteiger partial charge in [-0.1, -0.05) is 12.1 Å². The fourth-order valence-electron chi connectivity index (χ4n) is 2.50. The Morgan fingerprint density at radius 3 is 2.70 bits per heavy atom. The van der Waals surface area contributed by atoms with Crippen molar-refractivity contribution in [2.45, 2.75) is 11.3 Å². The zero-order chi connectivity index (χ0) is 16.7. The maximum absolute atomic E-state index is 12.4. The lowest BCUT2D eigenvalue weighted by molar-refractivity contribution is 0.0596. The molecule has 2 N–H and O–H groups in total. The Hall–Kier alpha value is -1.48. The maximum Gasteiger partial charge on any atom is 0.339 e. The van der Waals surface area contributed by atoms with Crippen molar-refractivity contribution in [2.24, 2.45) is 0 Å². The zero-order valence-corrected chi connectivity index (χ0v) is 14.1. The van der Waals surface area contributed by atoms with Crippen molar-refractivity contribution in [1.29, 1.82) is 0 Å². The molecule has 0 unspecified atom stereocenters. The third-order valence-electron chi connectivity index (χ3n) is 3.73. The molecule has 8 heteroatoms. The summed E-state index contributed by atoms with van der Waals surface area (Å²) in [6.07, 6.45) is 0.722. The van der Waals surface area contributed by atoms with Crippen molar-refractivity contribution in [3.8, 4) is 0 Å². The summed E-state index contributed by atoms with van der Waals surface area (Å²) < 4.78 is 32.0. The minimum absolute atomic E-state index is 0.0459. The second-order valence-electron chi connectivity index (χ2n) is 5.33. The van der Waals surface area contributed by atoms with Crippen LogP contribution in [0.25, 0.3) is 0 Å². The second-order valence-corrected chi connectivity index (χ2v) is 7.07. The molecule has 0 aromatic heterocycles. The number of nitrogens with zero attached hydrogens (tertiary/aromatic N) is 1. The number of benzene rings is 1. The highest BCUT2D eigenvalue weighted by atomic mass is 32.2. The van der Waals surface area contributed by atoms with Gasteiger partial charge in [-0.2, -0.15) is 0 Å². The van der Waals surface area contributed by atoms with Crippen LogP contribution in [0, 0.1) is 0 Å². The number of sulfonamides is 1. The first-order valence-corrected chi connectivity index (χ1v) is 9.13. The van der Waals surface area contributed by atoms with E-state index in [0.29, 0.717) is 6.54 Å². The molecule has 0 spiro atoms. The van der Waals surface area contributed by atoms with Crippen molar-refractivity contribution in [1.82, 2.24) is 14.9 Å². The van der Waals surface area contributed by atoms with Crippen molar-refractivity contribution >= 4 is 16.0 Å². The van der Waals surface area contributed by atoms with E-state index in [1.807, 2.05) is 0 Å². The fraction of sp³-hybridized carbons (Fsp3) is 0.533. The van der Waals surface area contributed by atoms with Crippen LogP contribution in [0.15, 0.2) is 29.2 Å². The number of methoxy groups -OCH3 is 1. The summed E-state index contributed by atoms with van der Waals surface area (Å²) in [5.41, 5.74) is 0.0459. The number of piperazine rings is 1. The molecule has 7 nitrogen and oxygen atoms in total. The molecule has 1 aliphatic heterocycles. The molecule has 0 radical (unpaired) electrons. The number of rotatable bonds is 7. The van der Waals surface area contributed by atoms with Crippen molar-refractivity contribution in [3.63, 3.8) is 0 Å². The van der Waals surface area contributed by atoms with Gasteiger partial charge in [-0.05, 0) is 25.1 Å². The number of hydrogen-bond acceptors (Lipinski definition) is 6. The van der Waals surface area contributed by atoms with Gasteiger partial charge in [0.05, 0.1) is 17.6 Å². The van der Waals surface area contributed by atoms with Crippen molar-refractivity contribution < 1.29 is 17.9 Å². The van der Waals surface area contributed by atoms with E-state index in [2.05, 4.69) is 19.7 Å². The highest BCUT2D eigenvalue weighted by molar-refractivity contribution is 7.89. The Kier molecular flexibility index (Phi) is 6.52. The SMILES string of the molecule is COC(=O)c1ccccc1S(=O)(=O)NCCCN1CCNCC1. The first kappa shape index (κ1) is 17.9. The molecule has 1 aromatic rings. The highest BCUT2D eigenvalue weighted by Crippen LogP contribution is 2.16. The van der Waals surface area contributed by atoms with Crippen LogP contribution in [0.2, 0.25) is 0 Å². The van der Waals surface area contributed by atoms with E-state index in [4.69, 9.17) is 0 Å². The van der Waals surface area contributed by atoms with E-state index in [0.717, 1.165) is 39.1 Å². The normalized spacial score (nSPS) is 16.2. The van der Waals surface area contributed by atoms with Gasteiger partial charge in [-0.3, -0.25) is 0 Å². The molecule has 1 heterocycles. The van der Waals surface area contributed by atoms with Crippen LogP contribution >= 0.6 is 0 Å². The Morgan fingerprint density at radius 1 is 1.30 bits per heavy atom. The zero-order valence-electron chi connectivity index (χ0n) is 13.2. The van der Waals surface area contributed by atoms with E-state index in [-0.39, 0.29) is 10.5 Å². The minimum atomic E-state index is -3.73. The van der Waals surface area contributed by atoms with Crippen LogP contribution in [-0.4, -0.2) is 65.7 Å². The Balaban J connectivity index is 1.92. The highest BCUT2D eigenvalue weighted by Gasteiger charge is 2.22. The van der Waals surface area contributed by atoms with Crippen LogP contribution in [0.3, 0.4) is 0 Å². The summed E-state index contributed by atoms with van der Waals surface area (Å²) in [6, 6.07) is 6.05. The third-order valence-corrected chi connectivity index (χ3v) is 5.25. The van der Waals surface area contributed by atoms with E-state index in [1.165, 1.54) is 19.2 Å². The number of carbonyl (C=O) groups excluding carboxylic acids is 1. The molecule has 23 heavy (non-hydrogen) atoms. The van der Waals surface area contributed by atoms with Crippen LogP contribution < -0.4 is 10.0 Å². The summed E-state index contributed by atoms with van der Waals surface area (Å²) in [4.78, 5) is 13.9. The third kappa shape index (κ3) is 5.00. The molecule has 1 aromatic carbocycles. The molecule has 2 rings (SSSR count). The van der Waals surface area contributed by atoms with E-state index < -0.39 is 16.0 Å². The predicted molar refractivity (Wildman–Crippen MR) is 86.9 cm³/mol. The van der Waals surface area contributed by atoms with E-state index in [9.17, 15) is 13.2 Å².